The fraction of sp³-hybridized carbons (Fsp3) is 0.310. The number of nitrogens with zero attached hydrogens (tertiary/aromatic N) is 2. The van der Waals surface area contributed by atoms with E-state index < -0.39 is 28.5 Å². The average Bonchev–Trinajstić information content (AvgIpc) is 2.96. The second-order valence-corrected chi connectivity index (χ2v) is 11.8. The van der Waals surface area contributed by atoms with E-state index in [1.165, 1.54) is 30.2 Å². The van der Waals surface area contributed by atoms with Crippen LogP contribution in [0.2, 0.25) is 10.0 Å². The maximum absolute atomic E-state index is 13.9. The van der Waals surface area contributed by atoms with Gasteiger partial charge < -0.3 is 15.0 Å². The maximum Gasteiger partial charge on any atom is 0.264 e. The number of hydrogen-bond donors (Lipinski definition) is 1. The van der Waals surface area contributed by atoms with Gasteiger partial charge in [-0.15, -0.1) is 0 Å². The largest absolute Gasteiger partial charge is 0.497 e. The number of anilines is 1. The second kappa shape index (κ2) is 14.4. The van der Waals surface area contributed by atoms with Crippen molar-refractivity contribution in [1.29, 1.82) is 0 Å². The molecular weight excluding hydrogens is 573 g/mol. The van der Waals surface area contributed by atoms with E-state index in [0.717, 1.165) is 17.1 Å². The van der Waals surface area contributed by atoms with Gasteiger partial charge in [-0.05, 0) is 55.3 Å². The van der Waals surface area contributed by atoms with Gasteiger partial charge in [0.05, 0.1) is 27.7 Å². The highest BCUT2D eigenvalue weighted by atomic mass is 35.5. The summed E-state index contributed by atoms with van der Waals surface area (Å²) in [5.74, 6) is -0.498. The summed E-state index contributed by atoms with van der Waals surface area (Å²) in [6.45, 7) is 3.54. The summed E-state index contributed by atoms with van der Waals surface area (Å²) in [5, 5.41) is 3.51. The molecule has 0 aliphatic heterocycles. The van der Waals surface area contributed by atoms with Gasteiger partial charge in [0.15, 0.2) is 0 Å². The highest BCUT2D eigenvalue weighted by Crippen LogP contribution is 2.28. The van der Waals surface area contributed by atoms with Crippen molar-refractivity contribution in [3.63, 3.8) is 0 Å². The Labute approximate surface area is 245 Å². The van der Waals surface area contributed by atoms with Crippen molar-refractivity contribution in [1.82, 2.24) is 10.2 Å². The van der Waals surface area contributed by atoms with Crippen LogP contribution < -0.4 is 14.4 Å². The lowest BCUT2D eigenvalue weighted by Crippen LogP contribution is -2.51. The molecular formula is C29H33Cl2N3O5S. The molecule has 3 rings (SSSR count). The zero-order valence-corrected chi connectivity index (χ0v) is 25.0. The highest BCUT2D eigenvalue weighted by molar-refractivity contribution is 7.92. The molecule has 3 aromatic carbocycles. The van der Waals surface area contributed by atoms with E-state index in [0.29, 0.717) is 27.9 Å². The number of carbonyl (C=O) groups excluding carboxylic acids is 2. The van der Waals surface area contributed by atoms with Crippen LogP contribution in [0.15, 0.2) is 77.7 Å². The molecule has 0 saturated carbocycles. The lowest BCUT2D eigenvalue weighted by Gasteiger charge is -2.32. The summed E-state index contributed by atoms with van der Waals surface area (Å²) in [6.07, 6.45) is 1.69. The van der Waals surface area contributed by atoms with Crippen molar-refractivity contribution in [2.45, 2.75) is 44.2 Å². The summed E-state index contributed by atoms with van der Waals surface area (Å²) in [5.41, 5.74) is 0.876. The van der Waals surface area contributed by atoms with Crippen molar-refractivity contribution >= 4 is 50.7 Å². The Balaban J connectivity index is 2.02. The first kappa shape index (κ1) is 31.3. The van der Waals surface area contributed by atoms with Crippen molar-refractivity contribution < 1.29 is 22.7 Å². The normalized spacial score (nSPS) is 11.9. The number of methoxy groups -OCH3 is 1. The van der Waals surface area contributed by atoms with Crippen molar-refractivity contribution in [3.8, 4) is 5.75 Å². The van der Waals surface area contributed by atoms with Crippen molar-refractivity contribution in [3.05, 3.63) is 88.4 Å². The minimum Gasteiger partial charge on any atom is -0.497 e. The predicted octanol–water partition coefficient (Wildman–Crippen LogP) is 5.53. The Bertz CT molecular complexity index is 1420. The zero-order valence-electron chi connectivity index (χ0n) is 22.6. The molecule has 0 aliphatic rings. The van der Waals surface area contributed by atoms with E-state index in [4.69, 9.17) is 27.9 Å². The number of amides is 2. The molecule has 0 aromatic heterocycles. The van der Waals surface area contributed by atoms with E-state index >= 15 is 0 Å². The Morgan fingerprint density at radius 3 is 2.35 bits per heavy atom. The molecule has 8 nitrogen and oxygen atoms in total. The Morgan fingerprint density at radius 2 is 1.70 bits per heavy atom. The molecule has 0 fully saturated rings. The molecule has 214 valence electrons. The van der Waals surface area contributed by atoms with Crippen molar-refractivity contribution in [2.75, 3.05) is 24.5 Å². The highest BCUT2D eigenvalue weighted by Gasteiger charge is 2.32. The summed E-state index contributed by atoms with van der Waals surface area (Å²) < 4.78 is 33.9. The molecule has 1 N–H and O–H groups in total. The molecule has 0 spiro atoms. The first-order valence-corrected chi connectivity index (χ1v) is 15.0. The number of sulfonamides is 1. The first-order valence-electron chi connectivity index (χ1n) is 12.8. The summed E-state index contributed by atoms with van der Waals surface area (Å²) in [4.78, 5) is 28.3. The van der Waals surface area contributed by atoms with Crippen LogP contribution in [0.3, 0.4) is 0 Å². The van der Waals surface area contributed by atoms with Crippen LogP contribution in [0.4, 0.5) is 5.69 Å². The first-order chi connectivity index (χ1) is 19.1. The van der Waals surface area contributed by atoms with Gasteiger partial charge in [-0.2, -0.15) is 0 Å². The fourth-order valence-corrected chi connectivity index (χ4v) is 5.72. The number of ether oxygens (including phenoxy) is 1. The molecule has 0 unspecified atom stereocenters. The minimum absolute atomic E-state index is 0.00935. The number of carbonyl (C=O) groups is 2. The molecule has 0 saturated heterocycles. The molecule has 0 bridgehead atoms. The third kappa shape index (κ3) is 7.90. The van der Waals surface area contributed by atoms with Gasteiger partial charge in [-0.1, -0.05) is 66.9 Å². The predicted molar refractivity (Wildman–Crippen MR) is 158 cm³/mol. The van der Waals surface area contributed by atoms with Gasteiger partial charge in [-0.25, -0.2) is 8.42 Å². The minimum atomic E-state index is -4.17. The van der Waals surface area contributed by atoms with Crippen LogP contribution in [0.25, 0.3) is 0 Å². The Hall–Kier alpha value is -3.27. The summed E-state index contributed by atoms with van der Waals surface area (Å²) in [6, 6.07) is 18.3. The Kier molecular flexibility index (Phi) is 11.2. The van der Waals surface area contributed by atoms with E-state index in [2.05, 4.69) is 5.32 Å². The fourth-order valence-electron chi connectivity index (χ4n) is 3.97. The van der Waals surface area contributed by atoms with E-state index in [1.54, 1.807) is 61.5 Å². The molecule has 0 heterocycles. The molecule has 0 radical (unpaired) electrons. The number of unbranched alkanes of at least 4 members (excludes halogenated alkanes) is 1. The number of halogens is 2. The number of benzene rings is 3. The average molecular weight is 607 g/mol. The number of nitrogens with one attached hydrogen (secondary N) is 1. The third-order valence-corrected chi connectivity index (χ3v) is 8.81. The van der Waals surface area contributed by atoms with E-state index in [-0.39, 0.29) is 23.0 Å². The molecule has 3 aromatic rings. The molecule has 11 heteroatoms. The number of rotatable bonds is 13. The summed E-state index contributed by atoms with van der Waals surface area (Å²) in [7, 11) is -2.69. The smallest absolute Gasteiger partial charge is 0.264 e. The van der Waals surface area contributed by atoms with E-state index in [9.17, 15) is 18.0 Å². The van der Waals surface area contributed by atoms with Gasteiger partial charge in [0.2, 0.25) is 11.8 Å². The molecule has 40 heavy (non-hydrogen) atoms. The van der Waals surface area contributed by atoms with Gasteiger partial charge in [-0.3, -0.25) is 13.9 Å². The lowest BCUT2D eigenvalue weighted by atomic mass is 10.1. The SMILES string of the molecule is CCCCNC(=O)[C@@H](C)N(Cc1ccc(Cl)c(Cl)c1)C(=O)CN(c1cccc(OC)c1)S(=O)(=O)c1ccccc1. The van der Waals surface area contributed by atoms with E-state index in [1.807, 2.05) is 6.92 Å². The zero-order chi connectivity index (χ0) is 29.3. The van der Waals surface area contributed by atoms with Crippen LogP contribution in [0.1, 0.15) is 32.3 Å². The van der Waals surface area contributed by atoms with Gasteiger partial charge in [0, 0.05) is 19.2 Å². The second-order valence-electron chi connectivity index (χ2n) is 9.12. The topological polar surface area (TPSA) is 96.0 Å². The maximum atomic E-state index is 13.9. The van der Waals surface area contributed by atoms with Gasteiger partial charge in [0.1, 0.15) is 18.3 Å². The summed E-state index contributed by atoms with van der Waals surface area (Å²) >= 11 is 12.3. The molecule has 2 amide bonds. The Morgan fingerprint density at radius 1 is 0.975 bits per heavy atom. The van der Waals surface area contributed by atoms with Gasteiger partial charge in [0.25, 0.3) is 10.0 Å². The van der Waals surface area contributed by atoms with Gasteiger partial charge >= 0.3 is 0 Å². The van der Waals surface area contributed by atoms with Crippen LogP contribution in [-0.4, -0.2) is 51.4 Å². The lowest BCUT2D eigenvalue weighted by molar-refractivity contribution is -0.139. The number of hydrogen-bond acceptors (Lipinski definition) is 5. The van der Waals surface area contributed by atoms with Crippen molar-refractivity contribution in [2.24, 2.45) is 0 Å². The van der Waals surface area contributed by atoms with Crippen LogP contribution in [0, 0.1) is 0 Å². The monoisotopic (exact) mass is 605 g/mol. The van der Waals surface area contributed by atoms with Crippen LogP contribution >= 0.6 is 23.2 Å². The molecule has 0 aliphatic carbocycles. The third-order valence-electron chi connectivity index (χ3n) is 6.29. The van der Waals surface area contributed by atoms with Crippen LogP contribution in [0.5, 0.6) is 5.75 Å². The quantitative estimate of drug-likeness (QED) is 0.258. The van der Waals surface area contributed by atoms with Crippen LogP contribution in [-0.2, 0) is 26.2 Å². The molecule has 1 atom stereocenters. The standard InChI is InChI=1S/C29H33Cl2N3O5S/c1-4-5-16-32-29(36)21(2)33(19-22-14-15-26(30)27(31)17-22)28(35)20-34(23-10-9-11-24(18-23)39-3)40(37,38)25-12-7-6-8-13-25/h6-15,17-18,21H,4-5,16,19-20H2,1-3H3,(H,32,36)/t21-/m1/s1.